The van der Waals surface area contributed by atoms with Gasteiger partial charge in [0.15, 0.2) is 0 Å². The van der Waals surface area contributed by atoms with E-state index in [0.717, 1.165) is 17.4 Å². The lowest BCUT2D eigenvalue weighted by molar-refractivity contribution is 0.419. The van der Waals surface area contributed by atoms with Crippen molar-refractivity contribution in [1.29, 1.82) is 0 Å². The van der Waals surface area contributed by atoms with E-state index in [0.29, 0.717) is 12.0 Å². The number of halogens is 1. The Morgan fingerprint density at radius 3 is 2.41 bits per heavy atom. The second kappa shape index (κ2) is 5.87. The van der Waals surface area contributed by atoms with Crippen molar-refractivity contribution in [1.82, 2.24) is 0 Å². The maximum absolute atomic E-state index is 5.57. The number of anilines is 1. The molecular weight excluding hydrogens is 276 g/mol. The van der Waals surface area contributed by atoms with Crippen molar-refractivity contribution in [2.45, 2.75) is 27.2 Å². The fourth-order valence-corrected chi connectivity index (χ4v) is 2.71. The van der Waals surface area contributed by atoms with E-state index in [-0.39, 0.29) is 0 Å². The molecule has 0 unspecified atom stereocenters. The Bertz CT molecular complexity index is 369. The molecule has 3 heteroatoms. The predicted molar refractivity (Wildman–Crippen MR) is 79.6 cm³/mol. The van der Waals surface area contributed by atoms with Crippen LogP contribution in [0.2, 0.25) is 0 Å². The third-order valence-corrected chi connectivity index (χ3v) is 3.20. The van der Waals surface area contributed by atoms with Crippen LogP contribution in [0.1, 0.15) is 26.3 Å². The van der Waals surface area contributed by atoms with E-state index >= 15 is 0 Å². The van der Waals surface area contributed by atoms with Gasteiger partial charge >= 0.3 is 0 Å². The minimum Gasteiger partial charge on any atom is -0.373 e. The zero-order chi connectivity index (χ0) is 13.1. The number of benzene rings is 1. The van der Waals surface area contributed by atoms with E-state index in [1.54, 1.807) is 0 Å². The third-order valence-electron chi connectivity index (χ3n) is 2.57. The molecule has 0 bridgehead atoms. The summed E-state index contributed by atoms with van der Waals surface area (Å²) < 4.78 is 1.15. The SMILES string of the molecule is CN(CC(C)(C)C)c1ccc(CCN)cc1Br. The molecule has 1 aromatic rings. The van der Waals surface area contributed by atoms with Crippen LogP contribution >= 0.6 is 15.9 Å². The van der Waals surface area contributed by atoms with Gasteiger partial charge in [-0.3, -0.25) is 0 Å². The van der Waals surface area contributed by atoms with Crippen molar-refractivity contribution in [3.8, 4) is 0 Å². The first kappa shape index (κ1) is 14.5. The highest BCUT2D eigenvalue weighted by atomic mass is 79.9. The molecular formula is C14H23BrN2. The molecule has 0 saturated heterocycles. The average Bonchev–Trinajstić information content (AvgIpc) is 2.15. The maximum atomic E-state index is 5.57. The largest absolute Gasteiger partial charge is 0.373 e. The first-order chi connectivity index (χ1) is 7.83. The van der Waals surface area contributed by atoms with Gasteiger partial charge in [0.05, 0.1) is 5.69 Å². The fourth-order valence-electron chi connectivity index (χ4n) is 1.98. The molecule has 0 amide bonds. The molecule has 96 valence electrons. The Kier molecular flexibility index (Phi) is 5.02. The number of hydrogen-bond donors (Lipinski definition) is 1. The lowest BCUT2D eigenvalue weighted by atomic mass is 9.96. The summed E-state index contributed by atoms with van der Waals surface area (Å²) in [6.45, 7) is 8.48. The number of nitrogens with zero attached hydrogens (tertiary/aromatic N) is 1. The molecule has 0 aliphatic heterocycles. The minimum absolute atomic E-state index is 0.296. The second-order valence-corrected chi connectivity index (χ2v) is 6.60. The second-order valence-electron chi connectivity index (χ2n) is 5.74. The van der Waals surface area contributed by atoms with Gasteiger partial charge in [0.2, 0.25) is 0 Å². The van der Waals surface area contributed by atoms with Gasteiger partial charge in [-0.25, -0.2) is 0 Å². The van der Waals surface area contributed by atoms with Gasteiger partial charge in [-0.1, -0.05) is 26.8 Å². The molecule has 0 atom stereocenters. The number of hydrogen-bond acceptors (Lipinski definition) is 2. The maximum Gasteiger partial charge on any atom is 0.0508 e. The van der Waals surface area contributed by atoms with Crippen LogP contribution in [0.4, 0.5) is 5.69 Å². The topological polar surface area (TPSA) is 29.3 Å². The van der Waals surface area contributed by atoms with E-state index in [9.17, 15) is 0 Å². The normalized spacial score (nSPS) is 11.6. The standard InChI is InChI=1S/C14H23BrN2/c1-14(2,3)10-17(4)13-6-5-11(7-8-16)9-12(13)15/h5-6,9H,7-8,10,16H2,1-4H3. The van der Waals surface area contributed by atoms with Crippen LogP contribution in [0.15, 0.2) is 22.7 Å². The highest BCUT2D eigenvalue weighted by Crippen LogP contribution is 2.29. The highest BCUT2D eigenvalue weighted by Gasteiger charge is 2.15. The van der Waals surface area contributed by atoms with Crippen LogP contribution in [0.5, 0.6) is 0 Å². The van der Waals surface area contributed by atoms with Gasteiger partial charge < -0.3 is 10.6 Å². The highest BCUT2D eigenvalue weighted by molar-refractivity contribution is 9.10. The quantitative estimate of drug-likeness (QED) is 0.923. The summed E-state index contributed by atoms with van der Waals surface area (Å²) in [6, 6.07) is 6.49. The summed E-state index contributed by atoms with van der Waals surface area (Å²) in [5.41, 5.74) is 8.38. The van der Waals surface area contributed by atoms with E-state index in [2.05, 4.69) is 66.8 Å². The average molecular weight is 299 g/mol. The lowest BCUT2D eigenvalue weighted by Gasteiger charge is -2.29. The summed E-state index contributed by atoms with van der Waals surface area (Å²) >= 11 is 3.64. The minimum atomic E-state index is 0.296. The number of nitrogens with two attached hydrogens (primary N) is 1. The van der Waals surface area contributed by atoms with Crippen molar-refractivity contribution in [3.63, 3.8) is 0 Å². The van der Waals surface area contributed by atoms with Crippen molar-refractivity contribution in [3.05, 3.63) is 28.2 Å². The molecule has 0 heterocycles. The van der Waals surface area contributed by atoms with Crippen LogP contribution in [0.3, 0.4) is 0 Å². The molecule has 0 aromatic heterocycles. The molecule has 1 aromatic carbocycles. The first-order valence-electron chi connectivity index (χ1n) is 6.03. The van der Waals surface area contributed by atoms with Gasteiger partial charge in [-0.2, -0.15) is 0 Å². The fraction of sp³-hybridized carbons (Fsp3) is 0.571. The van der Waals surface area contributed by atoms with Crippen LogP contribution in [-0.4, -0.2) is 20.1 Å². The lowest BCUT2D eigenvalue weighted by Crippen LogP contribution is -2.29. The van der Waals surface area contributed by atoms with Crippen molar-refractivity contribution in [2.75, 3.05) is 25.0 Å². The zero-order valence-electron chi connectivity index (χ0n) is 11.3. The van der Waals surface area contributed by atoms with Crippen molar-refractivity contribution < 1.29 is 0 Å². The summed E-state index contributed by atoms with van der Waals surface area (Å²) in [4.78, 5) is 2.29. The molecule has 17 heavy (non-hydrogen) atoms. The zero-order valence-corrected chi connectivity index (χ0v) is 12.8. The Morgan fingerprint density at radius 1 is 1.29 bits per heavy atom. The molecule has 0 aliphatic rings. The molecule has 0 radical (unpaired) electrons. The summed E-state index contributed by atoms with van der Waals surface area (Å²) in [5, 5.41) is 0. The number of rotatable bonds is 4. The van der Waals surface area contributed by atoms with Gasteiger partial charge in [-0.15, -0.1) is 0 Å². The molecule has 0 fully saturated rings. The van der Waals surface area contributed by atoms with Gasteiger partial charge in [-0.05, 0) is 52.0 Å². The van der Waals surface area contributed by atoms with Gasteiger partial charge in [0, 0.05) is 18.1 Å². The molecule has 1 rings (SSSR count). The molecule has 0 spiro atoms. The first-order valence-corrected chi connectivity index (χ1v) is 6.82. The van der Waals surface area contributed by atoms with E-state index in [1.807, 2.05) is 0 Å². The molecule has 2 N–H and O–H groups in total. The van der Waals surface area contributed by atoms with Gasteiger partial charge in [0.1, 0.15) is 0 Å². The summed E-state index contributed by atoms with van der Waals surface area (Å²) in [6.07, 6.45) is 0.932. The van der Waals surface area contributed by atoms with E-state index in [4.69, 9.17) is 5.73 Å². The molecule has 0 saturated carbocycles. The Balaban J connectivity index is 2.84. The van der Waals surface area contributed by atoms with Crippen LogP contribution in [0, 0.1) is 5.41 Å². The van der Waals surface area contributed by atoms with E-state index in [1.165, 1.54) is 11.3 Å². The van der Waals surface area contributed by atoms with Crippen molar-refractivity contribution >= 4 is 21.6 Å². The Hall–Kier alpha value is -0.540. The van der Waals surface area contributed by atoms with Crippen LogP contribution in [0.25, 0.3) is 0 Å². The summed E-state index contributed by atoms with van der Waals surface area (Å²) in [7, 11) is 2.13. The molecule has 2 nitrogen and oxygen atoms in total. The third kappa shape index (κ3) is 4.68. The van der Waals surface area contributed by atoms with Gasteiger partial charge in [0.25, 0.3) is 0 Å². The van der Waals surface area contributed by atoms with Crippen LogP contribution in [-0.2, 0) is 6.42 Å². The Labute approximate surface area is 113 Å². The van der Waals surface area contributed by atoms with Crippen LogP contribution < -0.4 is 10.6 Å². The smallest absolute Gasteiger partial charge is 0.0508 e. The Morgan fingerprint density at radius 2 is 1.94 bits per heavy atom. The van der Waals surface area contributed by atoms with E-state index < -0.39 is 0 Å². The monoisotopic (exact) mass is 298 g/mol. The predicted octanol–water partition coefficient (Wildman–Crippen LogP) is 3.43. The van der Waals surface area contributed by atoms with Crippen molar-refractivity contribution in [2.24, 2.45) is 11.1 Å². The molecule has 0 aliphatic carbocycles. The summed E-state index contributed by atoms with van der Waals surface area (Å²) in [5.74, 6) is 0.